The molecule has 2 amide bonds. The molecule has 1 fully saturated rings. The second-order valence-electron chi connectivity index (χ2n) is 7.24. The highest BCUT2D eigenvalue weighted by molar-refractivity contribution is 6.32. The Bertz CT molecular complexity index is 786. The van der Waals surface area contributed by atoms with E-state index in [1.807, 2.05) is 23.1 Å². The Morgan fingerprint density at radius 3 is 2.96 bits per heavy atom. The first-order valence-electron chi connectivity index (χ1n) is 9.50. The Morgan fingerprint density at radius 2 is 2.25 bits per heavy atom. The molecule has 1 unspecified atom stereocenters. The largest absolute Gasteiger partial charge is 0.486 e. The molecule has 150 valence electrons. The van der Waals surface area contributed by atoms with Crippen molar-refractivity contribution in [2.75, 3.05) is 25.1 Å². The van der Waals surface area contributed by atoms with Gasteiger partial charge < -0.3 is 19.7 Å². The van der Waals surface area contributed by atoms with Gasteiger partial charge in [-0.05, 0) is 42.7 Å². The van der Waals surface area contributed by atoms with Crippen LogP contribution in [-0.4, -0.2) is 41.7 Å². The van der Waals surface area contributed by atoms with Gasteiger partial charge in [0.15, 0.2) is 0 Å². The summed E-state index contributed by atoms with van der Waals surface area (Å²) in [5.74, 6) is 1.04. The van der Waals surface area contributed by atoms with Gasteiger partial charge in [0, 0.05) is 18.4 Å². The van der Waals surface area contributed by atoms with Crippen LogP contribution in [0.1, 0.15) is 26.0 Å². The molecule has 0 radical (unpaired) electrons. The zero-order valence-corrected chi connectivity index (χ0v) is 17.0. The summed E-state index contributed by atoms with van der Waals surface area (Å²) in [5, 5.41) is 3.38. The van der Waals surface area contributed by atoms with Gasteiger partial charge in [0.1, 0.15) is 12.4 Å². The molecule has 0 bridgehead atoms. The molecule has 7 heteroatoms. The first-order chi connectivity index (χ1) is 13.5. The molecule has 3 rings (SSSR count). The Hall–Kier alpha value is -2.31. The minimum absolute atomic E-state index is 0.0881. The predicted molar refractivity (Wildman–Crippen MR) is 110 cm³/mol. The van der Waals surface area contributed by atoms with Gasteiger partial charge in [-0.2, -0.15) is 0 Å². The average molecular weight is 404 g/mol. The van der Waals surface area contributed by atoms with Crippen LogP contribution in [0.15, 0.2) is 42.6 Å². The molecular weight excluding hydrogens is 378 g/mol. The number of pyridine rings is 1. The quantitative estimate of drug-likeness (QED) is 0.765. The third-order valence-electron chi connectivity index (χ3n) is 4.52. The molecule has 1 aromatic heterocycles. The molecule has 1 atom stereocenters. The van der Waals surface area contributed by atoms with Crippen molar-refractivity contribution in [1.82, 2.24) is 9.88 Å². The molecule has 1 N–H and O–H groups in total. The third-order valence-corrected chi connectivity index (χ3v) is 4.81. The fourth-order valence-electron chi connectivity index (χ4n) is 3.19. The fraction of sp³-hybridized carbons (Fsp3) is 0.429. The zero-order chi connectivity index (χ0) is 19.9. The van der Waals surface area contributed by atoms with Gasteiger partial charge in [0.2, 0.25) is 0 Å². The third kappa shape index (κ3) is 5.59. The molecule has 2 aromatic rings. The van der Waals surface area contributed by atoms with Gasteiger partial charge in [-0.25, -0.2) is 4.79 Å². The first kappa shape index (κ1) is 20.4. The molecule has 1 aliphatic rings. The fourth-order valence-corrected chi connectivity index (χ4v) is 3.42. The molecule has 1 aliphatic heterocycles. The van der Waals surface area contributed by atoms with E-state index in [9.17, 15) is 4.79 Å². The molecule has 0 saturated carbocycles. The van der Waals surface area contributed by atoms with Gasteiger partial charge in [0.05, 0.1) is 30.0 Å². The highest BCUT2D eigenvalue weighted by atomic mass is 35.5. The number of halogens is 1. The maximum absolute atomic E-state index is 12.7. The Labute approximate surface area is 170 Å². The molecule has 1 saturated heterocycles. The van der Waals surface area contributed by atoms with Gasteiger partial charge in [-0.1, -0.05) is 31.5 Å². The lowest BCUT2D eigenvalue weighted by atomic mass is 10.0. The van der Waals surface area contributed by atoms with Crippen LogP contribution in [0.25, 0.3) is 0 Å². The molecule has 1 aromatic carbocycles. The molecular formula is C21H26ClN3O3. The average Bonchev–Trinajstić information content (AvgIpc) is 2.68. The zero-order valence-electron chi connectivity index (χ0n) is 16.2. The maximum atomic E-state index is 12.7. The van der Waals surface area contributed by atoms with Crippen LogP contribution in [0.4, 0.5) is 10.5 Å². The molecule has 0 aliphatic carbocycles. The van der Waals surface area contributed by atoms with Crippen LogP contribution >= 0.6 is 11.6 Å². The molecule has 0 spiro atoms. The van der Waals surface area contributed by atoms with E-state index in [1.54, 1.807) is 24.4 Å². The van der Waals surface area contributed by atoms with E-state index >= 15 is 0 Å². The van der Waals surface area contributed by atoms with Crippen molar-refractivity contribution < 1.29 is 14.3 Å². The Morgan fingerprint density at radius 1 is 1.39 bits per heavy atom. The van der Waals surface area contributed by atoms with Crippen molar-refractivity contribution in [3.05, 3.63) is 53.3 Å². The number of nitrogens with zero attached hydrogens (tertiary/aromatic N) is 2. The molecule has 6 nitrogen and oxygen atoms in total. The number of rotatable bonds is 6. The van der Waals surface area contributed by atoms with E-state index in [2.05, 4.69) is 24.1 Å². The van der Waals surface area contributed by atoms with Crippen molar-refractivity contribution in [2.45, 2.75) is 32.9 Å². The van der Waals surface area contributed by atoms with E-state index in [4.69, 9.17) is 21.1 Å². The van der Waals surface area contributed by atoms with Crippen LogP contribution < -0.4 is 10.1 Å². The van der Waals surface area contributed by atoms with Crippen molar-refractivity contribution in [3.63, 3.8) is 0 Å². The normalized spacial score (nSPS) is 16.9. The molecule has 2 heterocycles. The Balaban J connectivity index is 1.60. The summed E-state index contributed by atoms with van der Waals surface area (Å²) >= 11 is 6.33. The van der Waals surface area contributed by atoms with Crippen LogP contribution in [0.5, 0.6) is 5.75 Å². The lowest BCUT2D eigenvalue weighted by molar-refractivity contribution is 0.00857. The summed E-state index contributed by atoms with van der Waals surface area (Å²) in [6, 6.07) is 10.8. The van der Waals surface area contributed by atoms with E-state index < -0.39 is 0 Å². The Kier molecular flexibility index (Phi) is 7.12. The summed E-state index contributed by atoms with van der Waals surface area (Å²) in [4.78, 5) is 18.8. The standard InChI is InChI=1S/C21H26ClN3O3/c1-15(2)11-18-14-27-10-9-25(18)21(26)24-16-6-7-20(19(22)12-16)28-13-17-5-3-4-8-23-17/h3-8,12,15,18H,9-11,13-14H2,1-2H3,(H,24,26). The van der Waals surface area contributed by atoms with E-state index in [-0.39, 0.29) is 12.1 Å². The number of aromatic nitrogens is 1. The number of ether oxygens (including phenoxy) is 2. The summed E-state index contributed by atoms with van der Waals surface area (Å²) in [7, 11) is 0. The second kappa shape index (κ2) is 9.75. The van der Waals surface area contributed by atoms with Crippen LogP contribution in [0.2, 0.25) is 5.02 Å². The summed E-state index contributed by atoms with van der Waals surface area (Å²) < 4.78 is 11.3. The first-order valence-corrected chi connectivity index (χ1v) is 9.88. The number of anilines is 1. The van der Waals surface area contributed by atoms with Crippen LogP contribution in [0, 0.1) is 5.92 Å². The van der Waals surface area contributed by atoms with Crippen molar-refractivity contribution >= 4 is 23.3 Å². The lowest BCUT2D eigenvalue weighted by Gasteiger charge is -2.36. The van der Waals surface area contributed by atoms with Gasteiger partial charge in [-0.3, -0.25) is 4.98 Å². The monoisotopic (exact) mass is 403 g/mol. The number of carbonyl (C=O) groups is 1. The number of urea groups is 1. The topological polar surface area (TPSA) is 63.7 Å². The van der Waals surface area contributed by atoms with E-state index in [0.717, 1.165) is 12.1 Å². The predicted octanol–water partition coefficient (Wildman–Crippen LogP) is 4.59. The number of carbonyl (C=O) groups excluding carboxylic acids is 1. The van der Waals surface area contributed by atoms with Crippen LogP contribution in [-0.2, 0) is 11.3 Å². The number of hydrogen-bond acceptors (Lipinski definition) is 4. The number of benzene rings is 1. The summed E-state index contributed by atoms with van der Waals surface area (Å²) in [6.45, 7) is 6.34. The van der Waals surface area contributed by atoms with Crippen molar-refractivity contribution in [3.8, 4) is 5.75 Å². The SMILES string of the molecule is CC(C)CC1COCCN1C(=O)Nc1ccc(OCc2ccccn2)c(Cl)c1. The molecule has 28 heavy (non-hydrogen) atoms. The summed E-state index contributed by atoms with van der Waals surface area (Å²) in [5.41, 5.74) is 1.45. The van der Waals surface area contributed by atoms with Crippen LogP contribution in [0.3, 0.4) is 0 Å². The lowest BCUT2D eigenvalue weighted by Crippen LogP contribution is -2.50. The number of amides is 2. The van der Waals surface area contributed by atoms with Crippen molar-refractivity contribution in [1.29, 1.82) is 0 Å². The number of hydrogen-bond donors (Lipinski definition) is 1. The van der Waals surface area contributed by atoms with Gasteiger partial charge >= 0.3 is 6.03 Å². The number of nitrogens with one attached hydrogen (secondary N) is 1. The van der Waals surface area contributed by atoms with Crippen molar-refractivity contribution in [2.24, 2.45) is 5.92 Å². The minimum Gasteiger partial charge on any atom is -0.486 e. The van der Waals surface area contributed by atoms with Gasteiger partial charge in [-0.15, -0.1) is 0 Å². The van der Waals surface area contributed by atoms with E-state index in [1.165, 1.54) is 0 Å². The summed E-state index contributed by atoms with van der Waals surface area (Å²) in [6.07, 6.45) is 2.63. The highest BCUT2D eigenvalue weighted by Gasteiger charge is 2.28. The van der Waals surface area contributed by atoms with Gasteiger partial charge in [0.25, 0.3) is 0 Å². The van der Waals surface area contributed by atoms with E-state index in [0.29, 0.717) is 48.7 Å². The second-order valence-corrected chi connectivity index (χ2v) is 7.64. The smallest absolute Gasteiger partial charge is 0.322 e. The number of morpholine rings is 1. The minimum atomic E-state index is -0.132. The maximum Gasteiger partial charge on any atom is 0.322 e. The highest BCUT2D eigenvalue weighted by Crippen LogP contribution is 2.28.